The van der Waals surface area contributed by atoms with Crippen molar-refractivity contribution in [2.24, 2.45) is 11.8 Å². The van der Waals surface area contributed by atoms with Crippen molar-refractivity contribution in [3.63, 3.8) is 0 Å². The lowest BCUT2D eigenvalue weighted by atomic mass is 9.84. The second-order valence-electron chi connectivity index (χ2n) is 8.98. The third kappa shape index (κ3) is 7.41. The molecule has 31 heavy (non-hydrogen) atoms. The quantitative estimate of drug-likeness (QED) is 0.560. The first-order valence-corrected chi connectivity index (χ1v) is 11.6. The molecule has 2 fully saturated rings. The van der Waals surface area contributed by atoms with Crippen molar-refractivity contribution in [2.45, 2.75) is 45.1 Å². The number of ether oxygens (including phenoxy) is 1. The highest BCUT2D eigenvalue weighted by molar-refractivity contribution is 5.74. The van der Waals surface area contributed by atoms with Gasteiger partial charge in [0.2, 0.25) is 0 Å². The molecule has 2 heterocycles. The Morgan fingerprint density at radius 3 is 2.55 bits per heavy atom. The number of likely N-dealkylation sites (tertiary alicyclic amines) is 2. The second-order valence-corrected chi connectivity index (χ2v) is 8.98. The van der Waals surface area contributed by atoms with E-state index >= 15 is 0 Å². The Balaban J connectivity index is 1.37. The summed E-state index contributed by atoms with van der Waals surface area (Å²) in [6.07, 6.45) is 5.25. The maximum atomic E-state index is 12.5. The molecule has 2 bridgehead atoms. The van der Waals surface area contributed by atoms with E-state index in [1.807, 2.05) is 4.90 Å². The number of urea groups is 1. The topological polar surface area (TPSA) is 88.8 Å². The highest BCUT2D eigenvalue weighted by atomic mass is 16.5. The van der Waals surface area contributed by atoms with Crippen molar-refractivity contribution >= 4 is 6.03 Å². The molecule has 2 amide bonds. The van der Waals surface area contributed by atoms with Crippen molar-refractivity contribution in [3.05, 3.63) is 29.8 Å². The molecule has 3 atom stereocenters. The number of benzene rings is 1. The van der Waals surface area contributed by atoms with Gasteiger partial charge in [0.05, 0.1) is 11.6 Å². The molecule has 3 unspecified atom stereocenters. The molecule has 0 aromatic heterocycles. The van der Waals surface area contributed by atoms with Crippen LogP contribution in [0.5, 0.6) is 5.75 Å². The van der Waals surface area contributed by atoms with Crippen molar-refractivity contribution in [1.82, 2.24) is 15.1 Å². The van der Waals surface area contributed by atoms with Gasteiger partial charge in [0.25, 0.3) is 0 Å². The van der Waals surface area contributed by atoms with Gasteiger partial charge in [0, 0.05) is 39.3 Å². The van der Waals surface area contributed by atoms with Gasteiger partial charge < -0.3 is 20.1 Å². The van der Waals surface area contributed by atoms with Crippen LogP contribution in [0.25, 0.3) is 0 Å². The number of aliphatic hydroxyl groups is 1. The summed E-state index contributed by atoms with van der Waals surface area (Å²) in [5.41, 5.74) is 0.590. The van der Waals surface area contributed by atoms with E-state index in [4.69, 9.17) is 10.00 Å². The number of rotatable bonds is 10. The number of unbranched alkanes of at least 4 members (excludes halogenated alkanes) is 3. The van der Waals surface area contributed by atoms with E-state index in [1.54, 1.807) is 24.3 Å². The molecule has 170 valence electrons. The minimum atomic E-state index is -0.572. The number of piperidine rings is 2. The number of aliphatic hydroxyl groups excluding tert-OH is 1. The van der Waals surface area contributed by atoms with Gasteiger partial charge in [-0.3, -0.25) is 4.90 Å². The van der Waals surface area contributed by atoms with Crippen molar-refractivity contribution in [1.29, 1.82) is 5.26 Å². The van der Waals surface area contributed by atoms with Crippen LogP contribution in [-0.2, 0) is 0 Å². The maximum Gasteiger partial charge on any atom is 0.317 e. The summed E-state index contributed by atoms with van der Waals surface area (Å²) >= 11 is 0. The predicted molar refractivity (Wildman–Crippen MR) is 120 cm³/mol. The summed E-state index contributed by atoms with van der Waals surface area (Å²) in [4.78, 5) is 16.8. The van der Waals surface area contributed by atoms with Crippen LogP contribution in [0.3, 0.4) is 0 Å². The van der Waals surface area contributed by atoms with Gasteiger partial charge in [-0.2, -0.15) is 5.26 Å². The zero-order valence-corrected chi connectivity index (χ0v) is 18.6. The number of fused-ring (bicyclic) bond motifs is 2. The first kappa shape index (κ1) is 23.4. The van der Waals surface area contributed by atoms with E-state index in [0.717, 1.165) is 45.6 Å². The van der Waals surface area contributed by atoms with E-state index in [2.05, 4.69) is 23.2 Å². The third-order valence-electron chi connectivity index (χ3n) is 6.15. The van der Waals surface area contributed by atoms with Crippen molar-refractivity contribution < 1.29 is 14.6 Å². The summed E-state index contributed by atoms with van der Waals surface area (Å²) in [5, 5.41) is 22.4. The lowest BCUT2D eigenvalue weighted by Gasteiger charge is -2.46. The Bertz CT molecular complexity index is 719. The zero-order valence-electron chi connectivity index (χ0n) is 18.6. The molecule has 0 spiro atoms. The second kappa shape index (κ2) is 11.9. The lowest BCUT2D eigenvalue weighted by molar-refractivity contribution is 0.00920. The molecular formula is C24H36N4O3. The number of amides is 2. The number of carbonyl (C=O) groups excluding carboxylic acids is 1. The number of hydrogen-bond acceptors (Lipinski definition) is 5. The Morgan fingerprint density at radius 2 is 1.90 bits per heavy atom. The molecule has 1 aromatic rings. The molecule has 7 heteroatoms. The van der Waals surface area contributed by atoms with E-state index in [1.165, 1.54) is 19.3 Å². The average molecular weight is 429 g/mol. The van der Waals surface area contributed by atoms with Crippen LogP contribution in [0.1, 0.15) is 44.6 Å². The minimum absolute atomic E-state index is 0.0792. The maximum absolute atomic E-state index is 12.5. The Hall–Kier alpha value is -2.30. The largest absolute Gasteiger partial charge is 0.491 e. The smallest absolute Gasteiger partial charge is 0.317 e. The number of hydrogen-bond donors (Lipinski definition) is 2. The summed E-state index contributed by atoms with van der Waals surface area (Å²) in [5.74, 6) is 1.58. The molecule has 2 aliphatic rings. The predicted octanol–water partition coefficient (Wildman–Crippen LogP) is 2.84. The highest BCUT2D eigenvalue weighted by Gasteiger charge is 2.36. The number of nitrogens with zero attached hydrogens (tertiary/aromatic N) is 3. The van der Waals surface area contributed by atoms with Crippen LogP contribution >= 0.6 is 0 Å². The zero-order chi connectivity index (χ0) is 22.1. The van der Waals surface area contributed by atoms with Crippen molar-refractivity contribution in [3.8, 4) is 11.8 Å². The monoisotopic (exact) mass is 428 g/mol. The normalized spacial score (nSPS) is 21.9. The molecule has 3 rings (SSSR count). The van der Waals surface area contributed by atoms with E-state index in [0.29, 0.717) is 29.7 Å². The van der Waals surface area contributed by atoms with Gasteiger partial charge in [-0.25, -0.2) is 4.79 Å². The van der Waals surface area contributed by atoms with Gasteiger partial charge in [-0.15, -0.1) is 0 Å². The molecule has 0 aliphatic carbocycles. The SMILES string of the molecule is CCCCCCNC(=O)N1CC2CC(CN(CC(O)COc3ccc(C#N)cc3)C2)C1. The summed E-state index contributed by atoms with van der Waals surface area (Å²) in [6, 6.07) is 9.08. The Morgan fingerprint density at radius 1 is 1.19 bits per heavy atom. The van der Waals surface area contributed by atoms with Crippen LogP contribution in [0.15, 0.2) is 24.3 Å². The minimum Gasteiger partial charge on any atom is -0.491 e. The number of carbonyl (C=O) groups is 1. The summed E-state index contributed by atoms with van der Waals surface area (Å²) < 4.78 is 5.67. The van der Waals surface area contributed by atoms with E-state index in [-0.39, 0.29) is 12.6 Å². The van der Waals surface area contributed by atoms with E-state index in [9.17, 15) is 9.90 Å². The molecular weight excluding hydrogens is 392 g/mol. The Labute approximate surface area is 186 Å². The molecule has 2 N–H and O–H groups in total. The van der Waals surface area contributed by atoms with Crippen molar-refractivity contribution in [2.75, 3.05) is 45.9 Å². The Kier molecular flexibility index (Phi) is 8.98. The van der Waals surface area contributed by atoms with Gasteiger partial charge >= 0.3 is 6.03 Å². The van der Waals surface area contributed by atoms with Gasteiger partial charge in [-0.05, 0) is 48.9 Å². The van der Waals surface area contributed by atoms with Crippen LogP contribution < -0.4 is 10.1 Å². The van der Waals surface area contributed by atoms with Crippen LogP contribution in [0, 0.1) is 23.2 Å². The van der Waals surface area contributed by atoms with Gasteiger partial charge in [-0.1, -0.05) is 26.2 Å². The van der Waals surface area contributed by atoms with Gasteiger partial charge in [0.15, 0.2) is 0 Å². The molecule has 0 radical (unpaired) electrons. The van der Waals surface area contributed by atoms with Crippen LogP contribution in [0.2, 0.25) is 0 Å². The molecule has 2 aliphatic heterocycles. The standard InChI is InChI=1S/C24H36N4O3/c1-2-3-4-5-10-26-24(30)28-15-20-11-21(16-28)14-27(13-20)17-22(29)18-31-23-8-6-19(12-25)7-9-23/h6-9,20-22,29H,2-5,10-11,13-18H2,1H3,(H,26,30). The van der Waals surface area contributed by atoms with E-state index < -0.39 is 6.10 Å². The fourth-order valence-electron chi connectivity index (χ4n) is 4.73. The number of nitrogens with one attached hydrogen (secondary N) is 1. The lowest BCUT2D eigenvalue weighted by Crippen LogP contribution is -2.57. The molecule has 2 saturated heterocycles. The summed E-state index contributed by atoms with van der Waals surface area (Å²) in [6.45, 7) is 7.17. The first-order chi connectivity index (χ1) is 15.1. The number of nitriles is 1. The van der Waals surface area contributed by atoms with Gasteiger partial charge in [0.1, 0.15) is 18.5 Å². The molecule has 7 nitrogen and oxygen atoms in total. The highest BCUT2D eigenvalue weighted by Crippen LogP contribution is 2.28. The molecule has 1 aromatic carbocycles. The average Bonchev–Trinajstić information content (AvgIpc) is 2.77. The summed E-state index contributed by atoms with van der Waals surface area (Å²) in [7, 11) is 0. The third-order valence-corrected chi connectivity index (χ3v) is 6.15. The van der Waals surface area contributed by atoms with Crippen LogP contribution in [-0.4, -0.2) is 72.9 Å². The molecule has 0 saturated carbocycles. The number of β-amino-alcohol motifs (C(OH)–C–C–N with tert-alkyl or cyclic N) is 1. The fourth-order valence-corrected chi connectivity index (χ4v) is 4.73. The first-order valence-electron chi connectivity index (χ1n) is 11.6. The van der Waals surface area contributed by atoms with Crippen LogP contribution in [0.4, 0.5) is 4.79 Å². The fraction of sp³-hybridized carbons (Fsp3) is 0.667.